The van der Waals surface area contributed by atoms with Crippen LogP contribution in [0.1, 0.15) is 128 Å². The molecule has 2 aliphatic heterocycles. The van der Waals surface area contributed by atoms with Crippen molar-refractivity contribution in [2.24, 2.45) is 0 Å². The van der Waals surface area contributed by atoms with Crippen LogP contribution in [-0.4, -0.2) is 41.4 Å². The fourth-order valence-corrected chi connectivity index (χ4v) is 20.7. The highest BCUT2D eigenvalue weighted by Gasteiger charge is 2.26. The Morgan fingerprint density at radius 3 is 1.09 bits per heavy atom. The second-order valence-electron chi connectivity index (χ2n) is 22.5. The molecule has 12 heteroatoms. The molecule has 6 nitrogen and oxygen atoms in total. The molecule has 434 valence electrons. The molecule has 0 amide bonds. The summed E-state index contributed by atoms with van der Waals surface area (Å²) < 4.78 is 8.27. The summed E-state index contributed by atoms with van der Waals surface area (Å²) >= 11 is 12.1. The van der Waals surface area contributed by atoms with Gasteiger partial charge in [0.15, 0.2) is 0 Å². The lowest BCUT2D eigenvalue weighted by atomic mass is 10.0. The number of aromatic nitrogens is 6. The van der Waals surface area contributed by atoms with E-state index in [9.17, 15) is 0 Å². The third-order valence-corrected chi connectivity index (χ3v) is 25.0. The van der Waals surface area contributed by atoms with Gasteiger partial charge in [0.1, 0.15) is 25.9 Å². The summed E-state index contributed by atoms with van der Waals surface area (Å²) in [5, 5.41) is 0. The minimum Gasteiger partial charge on any atom is -0.354 e. The zero-order valence-corrected chi connectivity index (χ0v) is 54.0. The molecule has 0 atom stereocenters. The van der Waals surface area contributed by atoms with Crippen LogP contribution in [0.3, 0.4) is 0 Å². The van der Waals surface area contributed by atoms with Crippen molar-refractivity contribution in [2.75, 3.05) is 11.5 Å². The van der Waals surface area contributed by atoms with Gasteiger partial charge in [-0.1, -0.05) is 249 Å². The van der Waals surface area contributed by atoms with Crippen LogP contribution in [0.4, 0.5) is 0 Å². The second-order valence-corrected chi connectivity index (χ2v) is 29.9. The zero-order valence-electron chi connectivity index (χ0n) is 49.1. The van der Waals surface area contributed by atoms with Crippen molar-refractivity contribution < 1.29 is 0 Å². The van der Waals surface area contributed by atoms with Crippen LogP contribution >= 0.6 is 69.7 Å². The number of H-pyrrole nitrogens is 2. The Kier molecular flexibility index (Phi) is 19.2. The fraction of sp³-hybridized carbons (Fsp3) is 0.270. The summed E-state index contributed by atoms with van der Waals surface area (Å²) in [5.74, 6) is 2.38. The summed E-state index contributed by atoms with van der Waals surface area (Å²) in [4.78, 5) is 30.8. The van der Waals surface area contributed by atoms with Crippen LogP contribution in [0.2, 0.25) is 0 Å². The predicted molar refractivity (Wildman–Crippen MR) is 384 cm³/mol. The predicted octanol–water partition coefficient (Wildman–Crippen LogP) is 23.5. The first-order valence-electron chi connectivity index (χ1n) is 31.1. The van der Waals surface area contributed by atoms with Crippen LogP contribution < -0.4 is 3.85 Å². The van der Waals surface area contributed by atoms with Gasteiger partial charge in [-0.2, -0.15) is 0 Å². The van der Waals surface area contributed by atoms with Gasteiger partial charge in [0.05, 0.1) is 35.1 Å². The number of nitrogens with one attached hydrogen (secondary N) is 2. The van der Waals surface area contributed by atoms with E-state index in [-0.39, 0.29) is 0 Å². The van der Waals surface area contributed by atoms with Crippen molar-refractivity contribution in [2.45, 2.75) is 117 Å². The smallest absolute Gasteiger partial charge is 0.118 e. The van der Waals surface area contributed by atoms with Crippen molar-refractivity contribution in [1.82, 2.24) is 29.9 Å². The Bertz CT molecular complexity index is 4170. The topological polar surface area (TPSA) is 83.1 Å². The second kappa shape index (κ2) is 28.2. The summed E-state index contributed by atoms with van der Waals surface area (Å²) in [5.41, 5.74) is 18.4. The van der Waals surface area contributed by atoms with Crippen LogP contribution in [0.25, 0.3) is 125 Å². The van der Waals surface area contributed by atoms with E-state index < -0.39 is 0 Å². The number of aromatic amines is 2. The summed E-state index contributed by atoms with van der Waals surface area (Å²) in [6.45, 7) is 4.61. The third-order valence-electron chi connectivity index (χ3n) is 16.3. The average Bonchev–Trinajstić information content (AvgIpc) is 1.82. The summed E-state index contributed by atoms with van der Waals surface area (Å²) in [6.07, 6.45) is 25.9. The number of benzene rings is 5. The highest BCUT2D eigenvalue weighted by Crippen LogP contribution is 2.58. The minimum atomic E-state index is 0.759. The lowest BCUT2D eigenvalue weighted by Crippen LogP contribution is -1.88. The van der Waals surface area contributed by atoms with Crippen molar-refractivity contribution in [3.8, 4) is 44.5 Å². The Morgan fingerprint density at radius 1 is 0.360 bits per heavy atom. The molecule has 8 heterocycles. The molecule has 11 aromatic rings. The molecule has 8 bridgehead atoms. The van der Waals surface area contributed by atoms with Crippen molar-refractivity contribution in [3.05, 3.63) is 181 Å². The molecule has 0 unspecified atom stereocenters. The molecule has 0 saturated heterocycles. The van der Waals surface area contributed by atoms with Gasteiger partial charge in [-0.15, -0.1) is 46.2 Å². The Balaban J connectivity index is 0.978. The maximum absolute atomic E-state index is 5.85. The molecule has 6 aromatic heterocycles. The molecule has 0 saturated carbocycles. The van der Waals surface area contributed by atoms with E-state index in [1.165, 1.54) is 140 Å². The van der Waals surface area contributed by atoms with Gasteiger partial charge in [-0.05, 0) is 95.2 Å². The van der Waals surface area contributed by atoms with Crippen molar-refractivity contribution in [3.63, 3.8) is 0 Å². The van der Waals surface area contributed by atoms with E-state index in [2.05, 4.69) is 217 Å². The van der Waals surface area contributed by atoms with Gasteiger partial charge >= 0.3 is 0 Å². The van der Waals surface area contributed by atoms with Crippen LogP contribution in [-0.2, 0) is 0 Å². The molecule has 86 heavy (non-hydrogen) atoms. The first kappa shape index (κ1) is 58.6. The number of thioether (sulfide) groups is 4. The van der Waals surface area contributed by atoms with Gasteiger partial charge < -0.3 is 9.97 Å². The Morgan fingerprint density at radius 2 is 0.709 bits per heavy atom. The van der Waals surface area contributed by atoms with E-state index >= 15 is 0 Å². The quantitative estimate of drug-likeness (QED) is 0.0579. The first-order chi connectivity index (χ1) is 42.6. The highest BCUT2D eigenvalue weighted by atomic mass is 32.3. The minimum absolute atomic E-state index is 0.759. The van der Waals surface area contributed by atoms with Crippen LogP contribution in [0.5, 0.6) is 0 Å². The standard InChI is InChI=1S/C74H72N6S6/c1-3-5-7-9-11-13-15-29-45-81-71-72(82-46-30-16-14-12-10-8-6-4-2)86-74(85-71)73-83-61-47-59-60(48-62(61)84-73)79-70-68-66(52-37-27-20-28-38-52)58-44-42-56(77-58)64(50-33-23-18-24-34-50)54-40-39-53(75-54)63(49-31-21-17-22-32-49)55-41-43-57(76-55)65(51-35-25-19-26-36-51)67(80-68)69(70)78-59/h17-28,31-44,47-48,76-77H,3-16,29-30,45-46H2,1-2H3. The van der Waals surface area contributed by atoms with E-state index in [1.54, 1.807) is 0 Å². The lowest BCUT2D eigenvalue weighted by molar-refractivity contribution is 0.586. The molecule has 0 fully saturated rings. The van der Waals surface area contributed by atoms with Crippen molar-refractivity contribution >= 4 is 151 Å². The molecule has 0 aliphatic carbocycles. The molecule has 0 spiro atoms. The van der Waals surface area contributed by atoms with Gasteiger partial charge in [-0.3, -0.25) is 0 Å². The third kappa shape index (κ3) is 13.1. The molecule has 0 radical (unpaired) electrons. The average molecular weight is 1240 g/mol. The van der Waals surface area contributed by atoms with Gasteiger partial charge in [0.25, 0.3) is 0 Å². The number of nitrogens with zero attached hydrogens (tertiary/aromatic N) is 4. The number of unbranched alkanes of at least 4 members (excludes halogenated alkanes) is 14. The maximum Gasteiger partial charge on any atom is 0.118 e. The van der Waals surface area contributed by atoms with E-state index in [0.29, 0.717) is 0 Å². The monoisotopic (exact) mass is 1240 g/mol. The highest BCUT2D eigenvalue weighted by molar-refractivity contribution is 8.45. The molecule has 13 rings (SSSR count). The molecular formula is C74H72N6S6. The largest absolute Gasteiger partial charge is 0.354 e. The Labute approximate surface area is 530 Å². The van der Waals surface area contributed by atoms with Crippen LogP contribution in [0.15, 0.2) is 166 Å². The lowest BCUT2D eigenvalue weighted by Gasteiger charge is -2.06. The van der Waals surface area contributed by atoms with E-state index in [4.69, 9.17) is 19.9 Å². The maximum atomic E-state index is 5.85. The number of hydrogen-bond donors (Lipinski definition) is 2. The zero-order chi connectivity index (χ0) is 58.0. The number of fused-ring (bicyclic) bond motifs is 13. The van der Waals surface area contributed by atoms with Gasteiger partial charge in [-0.25, -0.2) is 19.9 Å². The molecule has 2 aliphatic rings. The Hall–Kier alpha value is -6.38. The summed E-state index contributed by atoms with van der Waals surface area (Å²) in [7, 11) is 0. The molecular weight excluding hydrogens is 1170 g/mol. The van der Waals surface area contributed by atoms with E-state index in [0.717, 1.165) is 111 Å². The van der Waals surface area contributed by atoms with E-state index in [1.807, 2.05) is 46.2 Å². The summed E-state index contributed by atoms with van der Waals surface area (Å²) in [6, 6.07) is 55.9. The van der Waals surface area contributed by atoms with Crippen molar-refractivity contribution in [1.29, 1.82) is 0 Å². The van der Waals surface area contributed by atoms with Gasteiger partial charge in [0, 0.05) is 53.7 Å². The van der Waals surface area contributed by atoms with Gasteiger partial charge in [0.2, 0.25) is 0 Å². The fourth-order valence-electron chi connectivity index (χ4n) is 11.9. The first-order valence-corrected chi connectivity index (χ1v) is 36.3. The molecule has 2 N–H and O–H groups in total. The normalized spacial score (nSPS) is 13.0. The SMILES string of the molecule is CCCCCCCCCCSC1=C(SCCCCCCCCCC)SC(=c2sc3cc4nc5c6nc(c(-c7ccccc7)c7ccc([nH]7)c(-c7ccccc7)c7nc(c(-c8ccccc8)c8ccc([nH]8)c6-c6ccccc6)C=C7)c5nc4cc3s2)S1. The van der Waals surface area contributed by atoms with Crippen LogP contribution in [0, 0.1) is 0 Å². The number of rotatable bonds is 24. The number of hydrogen-bond acceptors (Lipinski definition) is 10. The molecule has 5 aromatic carbocycles.